The fourth-order valence-corrected chi connectivity index (χ4v) is 8.24. The van der Waals surface area contributed by atoms with E-state index < -0.39 is 0 Å². The number of nitrogens with zero attached hydrogens (tertiary/aromatic N) is 1. The summed E-state index contributed by atoms with van der Waals surface area (Å²) in [6, 6.07) is 52.1. The predicted octanol–water partition coefficient (Wildman–Crippen LogP) is 16.7. The lowest BCUT2D eigenvalue weighted by molar-refractivity contribution is 0.568. The van der Waals surface area contributed by atoms with Crippen molar-refractivity contribution < 1.29 is 4.42 Å². The van der Waals surface area contributed by atoms with E-state index in [2.05, 4.69) is 221 Å². The highest BCUT2D eigenvalue weighted by Crippen LogP contribution is 2.48. The molecule has 0 aliphatic rings. The molecule has 0 atom stereocenters. The molecular weight excluding hydrogens is 703 g/mol. The molecule has 0 radical (unpaired) electrons. The Labute approximate surface area is 346 Å². The fourth-order valence-electron chi connectivity index (χ4n) is 8.24. The molecule has 0 saturated heterocycles. The second kappa shape index (κ2) is 14.0. The monoisotopic (exact) mass is 761 g/mol. The normalized spacial score (nSPS) is 12.8. The van der Waals surface area contributed by atoms with E-state index in [1.54, 1.807) is 0 Å². The number of benzene rings is 7. The number of rotatable bonds is 5. The molecule has 294 valence electrons. The van der Waals surface area contributed by atoms with Crippen molar-refractivity contribution in [3.63, 3.8) is 0 Å². The van der Waals surface area contributed by atoms with Crippen LogP contribution in [0.4, 0.5) is 17.1 Å². The Kier molecular flexibility index (Phi) is 9.50. The first-order valence-electron chi connectivity index (χ1n) is 20.9. The fraction of sp³-hybridized carbons (Fsp3) is 0.286. The molecule has 1 aromatic heterocycles. The standard InChI is InChI=1S/C56H59NO/c1-53(2,3)38-29-37(30-39(31-38)54(4,5)6)44-23-17-19-36-20-18-24-47(52(36)44)45-21-13-15-25-49(45)57(43-33-40(55(7,8)9)32-41(34-43)56(10,11)12)42-27-28-51-48(35-42)46-22-14-16-26-50(46)58-51/h13-35H,1-12H3. The molecule has 0 amide bonds. The third-order valence-electron chi connectivity index (χ3n) is 11.8. The van der Waals surface area contributed by atoms with Crippen LogP contribution in [-0.4, -0.2) is 0 Å². The van der Waals surface area contributed by atoms with Crippen molar-refractivity contribution in [3.05, 3.63) is 162 Å². The SMILES string of the molecule is CC(C)(C)c1cc(-c2cccc3cccc(-c4ccccc4N(c4cc(C(C)(C)C)cc(C(C)(C)C)c4)c4ccc5oc6ccccc6c5c4)c23)cc(C(C)(C)C)c1. The summed E-state index contributed by atoms with van der Waals surface area (Å²) in [6.45, 7) is 27.8. The van der Waals surface area contributed by atoms with Crippen molar-refractivity contribution >= 4 is 49.8 Å². The van der Waals surface area contributed by atoms with Crippen molar-refractivity contribution in [3.8, 4) is 22.3 Å². The van der Waals surface area contributed by atoms with Crippen molar-refractivity contribution in [2.24, 2.45) is 0 Å². The summed E-state index contributed by atoms with van der Waals surface area (Å²) in [4.78, 5) is 2.49. The van der Waals surface area contributed by atoms with Crippen molar-refractivity contribution in [1.29, 1.82) is 0 Å². The van der Waals surface area contributed by atoms with Gasteiger partial charge in [0.05, 0.1) is 5.69 Å². The van der Waals surface area contributed by atoms with Crippen LogP contribution in [0.15, 0.2) is 144 Å². The third kappa shape index (κ3) is 7.35. The summed E-state index contributed by atoms with van der Waals surface area (Å²) < 4.78 is 6.36. The van der Waals surface area contributed by atoms with Gasteiger partial charge in [-0.2, -0.15) is 0 Å². The first-order chi connectivity index (χ1) is 27.3. The first-order valence-corrected chi connectivity index (χ1v) is 20.9. The lowest BCUT2D eigenvalue weighted by atomic mass is 9.78. The lowest BCUT2D eigenvalue weighted by Gasteiger charge is -2.32. The van der Waals surface area contributed by atoms with Crippen LogP contribution < -0.4 is 4.90 Å². The maximum Gasteiger partial charge on any atom is 0.135 e. The molecule has 7 aromatic carbocycles. The maximum atomic E-state index is 6.36. The van der Waals surface area contributed by atoms with Gasteiger partial charge in [-0.15, -0.1) is 0 Å². The summed E-state index contributed by atoms with van der Waals surface area (Å²) in [5.41, 5.74) is 15.3. The molecule has 1 heterocycles. The van der Waals surface area contributed by atoms with Gasteiger partial charge < -0.3 is 9.32 Å². The third-order valence-corrected chi connectivity index (χ3v) is 11.8. The first kappa shape index (κ1) is 39.2. The van der Waals surface area contributed by atoms with Gasteiger partial charge in [-0.05, 0) is 114 Å². The average molecular weight is 762 g/mol. The van der Waals surface area contributed by atoms with Crippen molar-refractivity contribution in [1.82, 2.24) is 0 Å². The van der Waals surface area contributed by atoms with E-state index in [9.17, 15) is 0 Å². The molecule has 0 spiro atoms. The molecule has 0 fully saturated rings. The van der Waals surface area contributed by atoms with E-state index >= 15 is 0 Å². The van der Waals surface area contributed by atoms with Gasteiger partial charge in [-0.3, -0.25) is 0 Å². The topological polar surface area (TPSA) is 16.4 Å². The molecule has 0 saturated carbocycles. The Balaban J connectivity index is 1.44. The van der Waals surface area contributed by atoms with Crippen LogP contribution in [0.5, 0.6) is 0 Å². The maximum absolute atomic E-state index is 6.36. The number of furan rings is 1. The zero-order valence-electron chi connectivity index (χ0n) is 36.6. The van der Waals surface area contributed by atoms with Gasteiger partial charge >= 0.3 is 0 Å². The smallest absolute Gasteiger partial charge is 0.135 e. The predicted molar refractivity (Wildman–Crippen MR) is 252 cm³/mol. The Morgan fingerprint density at radius 1 is 0.379 bits per heavy atom. The van der Waals surface area contributed by atoms with Crippen LogP contribution in [0.3, 0.4) is 0 Å². The Bertz CT molecular complexity index is 2750. The minimum Gasteiger partial charge on any atom is -0.456 e. The van der Waals surface area contributed by atoms with Gasteiger partial charge in [0, 0.05) is 27.7 Å². The van der Waals surface area contributed by atoms with Crippen LogP contribution in [0.1, 0.15) is 105 Å². The van der Waals surface area contributed by atoms with Gasteiger partial charge in [0.15, 0.2) is 0 Å². The van der Waals surface area contributed by atoms with Gasteiger partial charge in [0.1, 0.15) is 11.2 Å². The van der Waals surface area contributed by atoms with E-state index in [-0.39, 0.29) is 21.7 Å². The van der Waals surface area contributed by atoms with Gasteiger partial charge in [-0.1, -0.05) is 180 Å². The van der Waals surface area contributed by atoms with Gasteiger partial charge in [0.2, 0.25) is 0 Å². The summed E-state index contributed by atoms with van der Waals surface area (Å²) >= 11 is 0. The van der Waals surface area contributed by atoms with Crippen molar-refractivity contribution in [2.45, 2.75) is 105 Å². The van der Waals surface area contributed by atoms with Crippen LogP contribution in [0.2, 0.25) is 0 Å². The molecule has 8 rings (SSSR count). The molecule has 58 heavy (non-hydrogen) atoms. The van der Waals surface area contributed by atoms with E-state index in [0.29, 0.717) is 0 Å². The van der Waals surface area contributed by atoms with E-state index in [4.69, 9.17) is 4.42 Å². The molecular formula is C56H59NO. The largest absolute Gasteiger partial charge is 0.456 e. The number of anilines is 3. The van der Waals surface area contributed by atoms with Crippen LogP contribution >= 0.6 is 0 Å². The summed E-state index contributed by atoms with van der Waals surface area (Å²) in [5, 5.41) is 4.72. The molecule has 0 N–H and O–H groups in total. The minimum atomic E-state index is -0.0516. The molecule has 2 nitrogen and oxygen atoms in total. The summed E-state index contributed by atoms with van der Waals surface area (Å²) in [7, 11) is 0. The second-order valence-electron chi connectivity index (χ2n) is 20.4. The Morgan fingerprint density at radius 3 is 1.48 bits per heavy atom. The Hall–Kier alpha value is -5.60. The average Bonchev–Trinajstić information content (AvgIpc) is 3.54. The quantitative estimate of drug-likeness (QED) is 0.174. The number of fused-ring (bicyclic) bond motifs is 4. The number of hydrogen-bond donors (Lipinski definition) is 0. The molecule has 0 unspecified atom stereocenters. The Morgan fingerprint density at radius 2 is 0.879 bits per heavy atom. The molecule has 2 heteroatoms. The van der Waals surface area contributed by atoms with E-state index in [0.717, 1.165) is 39.0 Å². The second-order valence-corrected chi connectivity index (χ2v) is 20.4. The highest BCUT2D eigenvalue weighted by molar-refractivity contribution is 6.10. The van der Waals surface area contributed by atoms with Crippen LogP contribution in [-0.2, 0) is 21.7 Å². The molecule has 0 aliphatic heterocycles. The summed E-state index contributed by atoms with van der Waals surface area (Å²) in [6.07, 6.45) is 0. The number of para-hydroxylation sites is 2. The highest BCUT2D eigenvalue weighted by Gasteiger charge is 2.27. The molecule has 8 aromatic rings. The molecule has 0 bridgehead atoms. The van der Waals surface area contributed by atoms with Gasteiger partial charge in [0.25, 0.3) is 0 Å². The van der Waals surface area contributed by atoms with Crippen molar-refractivity contribution in [2.75, 3.05) is 4.90 Å². The van der Waals surface area contributed by atoms with Crippen LogP contribution in [0, 0.1) is 0 Å². The molecule has 0 aliphatic carbocycles. The lowest BCUT2D eigenvalue weighted by Crippen LogP contribution is -2.19. The van der Waals surface area contributed by atoms with Gasteiger partial charge in [-0.25, -0.2) is 0 Å². The highest BCUT2D eigenvalue weighted by atomic mass is 16.3. The zero-order valence-corrected chi connectivity index (χ0v) is 36.6. The number of hydrogen-bond acceptors (Lipinski definition) is 2. The van der Waals surface area contributed by atoms with E-state index in [1.165, 1.54) is 55.3 Å². The summed E-state index contributed by atoms with van der Waals surface area (Å²) in [5.74, 6) is 0. The zero-order chi connectivity index (χ0) is 41.4. The van der Waals surface area contributed by atoms with E-state index in [1.807, 2.05) is 6.07 Å². The minimum absolute atomic E-state index is 0.00540. The van der Waals surface area contributed by atoms with Crippen LogP contribution in [0.25, 0.3) is 55.0 Å².